The Hall–Kier alpha value is -1.20. The van der Waals surface area contributed by atoms with Gasteiger partial charge in [-0.15, -0.1) is 11.3 Å². The summed E-state index contributed by atoms with van der Waals surface area (Å²) in [6.07, 6.45) is 0.245. The fourth-order valence-corrected chi connectivity index (χ4v) is 2.09. The fourth-order valence-electron chi connectivity index (χ4n) is 1.44. The second-order valence-corrected chi connectivity index (χ2v) is 4.65. The van der Waals surface area contributed by atoms with Crippen molar-refractivity contribution in [1.29, 1.82) is 0 Å². The summed E-state index contributed by atoms with van der Waals surface area (Å²) in [6.45, 7) is 3.82. The molecular formula is C11H14N2O2S. The minimum Gasteiger partial charge on any atom is -0.392 e. The van der Waals surface area contributed by atoms with E-state index in [0.29, 0.717) is 18.1 Å². The predicted octanol–water partition coefficient (Wildman–Crippen LogP) is 2.67. The van der Waals surface area contributed by atoms with Crippen LogP contribution >= 0.6 is 11.3 Å². The minimum atomic E-state index is -0.434. The monoisotopic (exact) mass is 238 g/mol. The van der Waals surface area contributed by atoms with Crippen LogP contribution in [0.4, 0.5) is 0 Å². The van der Waals surface area contributed by atoms with Crippen LogP contribution in [0, 0.1) is 0 Å². The van der Waals surface area contributed by atoms with Gasteiger partial charge in [-0.3, -0.25) is 0 Å². The molecule has 86 valence electrons. The predicted molar refractivity (Wildman–Crippen MR) is 62.3 cm³/mol. The van der Waals surface area contributed by atoms with E-state index in [1.165, 1.54) is 0 Å². The van der Waals surface area contributed by atoms with E-state index in [0.717, 1.165) is 4.88 Å². The fraction of sp³-hybridized carbons (Fsp3) is 0.455. The minimum absolute atomic E-state index is 0.119. The number of rotatable bonds is 4. The first-order valence-electron chi connectivity index (χ1n) is 5.28. The molecule has 2 unspecified atom stereocenters. The lowest BCUT2D eigenvalue weighted by Crippen LogP contribution is -2.14. The lowest BCUT2D eigenvalue weighted by atomic mass is 10.0. The Morgan fingerprint density at radius 3 is 3.00 bits per heavy atom. The molecule has 0 fully saturated rings. The molecule has 0 aliphatic carbocycles. The highest BCUT2D eigenvalue weighted by Gasteiger charge is 2.21. The van der Waals surface area contributed by atoms with Gasteiger partial charge in [0.1, 0.15) is 0 Å². The molecule has 0 amide bonds. The van der Waals surface area contributed by atoms with Crippen LogP contribution in [-0.2, 0) is 0 Å². The Morgan fingerprint density at radius 2 is 2.38 bits per heavy atom. The number of hydrogen-bond acceptors (Lipinski definition) is 5. The molecule has 1 N–H and O–H groups in total. The largest absolute Gasteiger partial charge is 0.392 e. The van der Waals surface area contributed by atoms with Crippen molar-refractivity contribution in [1.82, 2.24) is 10.1 Å². The molecule has 0 spiro atoms. The summed E-state index contributed by atoms with van der Waals surface area (Å²) in [7, 11) is 0. The average Bonchev–Trinajstić information content (AvgIpc) is 2.96. The summed E-state index contributed by atoms with van der Waals surface area (Å²) in [5.74, 6) is 0.976. The molecule has 0 radical (unpaired) electrons. The highest BCUT2D eigenvalue weighted by Crippen LogP contribution is 2.25. The maximum atomic E-state index is 9.69. The van der Waals surface area contributed by atoms with Gasteiger partial charge in [-0.05, 0) is 17.9 Å². The molecule has 0 saturated heterocycles. The van der Waals surface area contributed by atoms with Gasteiger partial charge in [0.05, 0.1) is 16.9 Å². The van der Waals surface area contributed by atoms with E-state index >= 15 is 0 Å². The molecular weight excluding hydrogens is 224 g/mol. The first-order chi connectivity index (χ1) is 7.72. The molecule has 0 aliphatic rings. The van der Waals surface area contributed by atoms with Crippen LogP contribution < -0.4 is 0 Å². The Balaban J connectivity index is 2.20. The summed E-state index contributed by atoms with van der Waals surface area (Å²) >= 11 is 1.57. The third-order valence-electron chi connectivity index (χ3n) is 2.57. The zero-order chi connectivity index (χ0) is 11.5. The van der Waals surface area contributed by atoms with Crippen molar-refractivity contribution in [2.45, 2.75) is 32.3 Å². The van der Waals surface area contributed by atoms with E-state index in [4.69, 9.17) is 4.52 Å². The molecule has 4 nitrogen and oxygen atoms in total. The molecule has 16 heavy (non-hydrogen) atoms. The van der Waals surface area contributed by atoms with Crippen LogP contribution in [0.3, 0.4) is 0 Å². The number of aliphatic hydroxyl groups is 1. The number of hydrogen-bond donors (Lipinski definition) is 1. The van der Waals surface area contributed by atoms with E-state index in [1.54, 1.807) is 11.3 Å². The Labute approximate surface area is 97.9 Å². The lowest BCUT2D eigenvalue weighted by Gasteiger charge is -2.11. The topological polar surface area (TPSA) is 59.2 Å². The summed E-state index contributed by atoms with van der Waals surface area (Å²) in [5, 5.41) is 15.6. The van der Waals surface area contributed by atoms with Crippen molar-refractivity contribution in [3.8, 4) is 10.7 Å². The van der Waals surface area contributed by atoms with Crippen LogP contribution in [-0.4, -0.2) is 21.4 Å². The third-order valence-corrected chi connectivity index (χ3v) is 3.43. The van der Waals surface area contributed by atoms with E-state index in [2.05, 4.69) is 10.1 Å². The van der Waals surface area contributed by atoms with Gasteiger partial charge in [0.2, 0.25) is 11.7 Å². The smallest absolute Gasteiger partial charge is 0.232 e. The molecule has 2 aromatic heterocycles. The first-order valence-corrected chi connectivity index (χ1v) is 6.16. The van der Waals surface area contributed by atoms with Gasteiger partial charge in [-0.25, -0.2) is 0 Å². The van der Waals surface area contributed by atoms with Crippen LogP contribution in [0.2, 0.25) is 0 Å². The Morgan fingerprint density at radius 1 is 1.56 bits per heavy atom. The highest BCUT2D eigenvalue weighted by atomic mass is 32.1. The molecule has 0 aliphatic heterocycles. The second-order valence-electron chi connectivity index (χ2n) is 3.70. The van der Waals surface area contributed by atoms with Crippen molar-refractivity contribution in [3.63, 3.8) is 0 Å². The zero-order valence-electron chi connectivity index (χ0n) is 9.25. The Kier molecular flexibility index (Phi) is 3.36. The standard InChI is InChI=1S/C11H14N2O2S/c1-3-8(14)7(2)11-12-10(13-15-11)9-5-4-6-16-9/h4-8,14H,3H2,1-2H3. The lowest BCUT2D eigenvalue weighted by molar-refractivity contribution is 0.129. The van der Waals surface area contributed by atoms with Crippen molar-refractivity contribution < 1.29 is 9.63 Å². The molecule has 2 aromatic rings. The van der Waals surface area contributed by atoms with Gasteiger partial charge in [-0.2, -0.15) is 4.98 Å². The quantitative estimate of drug-likeness (QED) is 0.889. The molecule has 0 bridgehead atoms. The molecule has 2 rings (SSSR count). The zero-order valence-corrected chi connectivity index (χ0v) is 10.1. The molecule has 2 atom stereocenters. The van der Waals surface area contributed by atoms with Crippen molar-refractivity contribution in [2.75, 3.05) is 0 Å². The summed E-state index contributed by atoms with van der Waals surface area (Å²) in [5.41, 5.74) is 0. The van der Waals surface area contributed by atoms with Gasteiger partial charge < -0.3 is 9.63 Å². The summed E-state index contributed by atoms with van der Waals surface area (Å²) in [4.78, 5) is 5.27. The van der Waals surface area contributed by atoms with Gasteiger partial charge in [0.25, 0.3) is 0 Å². The maximum absolute atomic E-state index is 9.69. The number of aliphatic hydroxyl groups excluding tert-OH is 1. The summed E-state index contributed by atoms with van der Waals surface area (Å²) in [6, 6.07) is 3.89. The molecule has 2 heterocycles. The second kappa shape index (κ2) is 4.76. The van der Waals surface area contributed by atoms with E-state index in [9.17, 15) is 5.11 Å². The van der Waals surface area contributed by atoms with E-state index < -0.39 is 6.10 Å². The van der Waals surface area contributed by atoms with Crippen molar-refractivity contribution in [2.24, 2.45) is 0 Å². The van der Waals surface area contributed by atoms with Gasteiger partial charge in [0, 0.05) is 0 Å². The van der Waals surface area contributed by atoms with Crippen molar-refractivity contribution in [3.05, 3.63) is 23.4 Å². The summed E-state index contributed by atoms with van der Waals surface area (Å²) < 4.78 is 5.16. The number of aromatic nitrogens is 2. The van der Waals surface area contributed by atoms with Gasteiger partial charge >= 0.3 is 0 Å². The van der Waals surface area contributed by atoms with Gasteiger partial charge in [-0.1, -0.05) is 25.1 Å². The van der Waals surface area contributed by atoms with Crippen LogP contribution in [0.15, 0.2) is 22.0 Å². The third kappa shape index (κ3) is 2.15. The average molecular weight is 238 g/mol. The number of thiophene rings is 1. The van der Waals surface area contributed by atoms with Crippen LogP contribution in [0.25, 0.3) is 10.7 Å². The maximum Gasteiger partial charge on any atom is 0.232 e. The Bertz CT molecular complexity index is 439. The van der Waals surface area contributed by atoms with Crippen LogP contribution in [0.1, 0.15) is 32.1 Å². The van der Waals surface area contributed by atoms with Crippen LogP contribution in [0.5, 0.6) is 0 Å². The molecule has 0 saturated carbocycles. The first kappa shape index (κ1) is 11.3. The normalized spacial score (nSPS) is 14.9. The number of nitrogens with zero attached hydrogens (tertiary/aromatic N) is 2. The molecule has 5 heteroatoms. The van der Waals surface area contributed by atoms with E-state index in [1.807, 2.05) is 31.4 Å². The molecule has 0 aromatic carbocycles. The highest BCUT2D eigenvalue weighted by molar-refractivity contribution is 7.13. The van der Waals surface area contributed by atoms with Gasteiger partial charge in [0.15, 0.2) is 0 Å². The van der Waals surface area contributed by atoms with E-state index in [-0.39, 0.29) is 5.92 Å². The van der Waals surface area contributed by atoms with Crippen molar-refractivity contribution >= 4 is 11.3 Å². The SMILES string of the molecule is CCC(O)C(C)c1nc(-c2cccs2)no1.